The standard InChI is InChI=1S/C24H37N3O4S2/c1-23(2,20(28)29)33-19-15-25-21(32-19)26-22(30)27(18-7-5-4-6-8-18)24(31-3)13-11-17(12-14-24)16-9-10-16/h15-18H,4-14H2,1-3H3,(H,28,29)(H,25,26,30). The number of amides is 2. The second-order valence-corrected chi connectivity index (χ2v) is 13.3. The fourth-order valence-corrected chi connectivity index (χ4v) is 7.77. The van der Waals surface area contributed by atoms with Crippen LogP contribution in [-0.4, -0.2) is 50.6 Å². The molecule has 0 atom stereocenters. The number of thioether (sulfide) groups is 1. The van der Waals surface area contributed by atoms with Crippen molar-refractivity contribution in [1.29, 1.82) is 0 Å². The molecule has 0 saturated heterocycles. The van der Waals surface area contributed by atoms with Gasteiger partial charge in [0, 0.05) is 13.2 Å². The maximum absolute atomic E-state index is 13.7. The number of carbonyl (C=O) groups excluding carboxylic acids is 1. The molecule has 33 heavy (non-hydrogen) atoms. The minimum Gasteiger partial charge on any atom is -0.480 e. The molecule has 0 spiro atoms. The van der Waals surface area contributed by atoms with E-state index in [-0.39, 0.29) is 12.1 Å². The van der Waals surface area contributed by atoms with Gasteiger partial charge in [-0.15, -0.1) is 0 Å². The van der Waals surface area contributed by atoms with Crippen LogP contribution in [0.25, 0.3) is 0 Å². The van der Waals surface area contributed by atoms with E-state index in [0.717, 1.165) is 67.4 Å². The average Bonchev–Trinajstić information content (AvgIpc) is 3.56. The number of hydrogen-bond donors (Lipinski definition) is 2. The molecule has 3 aliphatic carbocycles. The number of carbonyl (C=O) groups is 2. The number of hydrogen-bond acceptors (Lipinski definition) is 6. The molecular formula is C24H37N3O4S2. The Morgan fingerprint density at radius 1 is 1.15 bits per heavy atom. The number of nitrogens with one attached hydrogen (secondary N) is 1. The molecule has 2 N–H and O–H groups in total. The molecule has 7 nitrogen and oxygen atoms in total. The molecule has 0 aromatic carbocycles. The van der Waals surface area contributed by atoms with Crippen LogP contribution in [0, 0.1) is 11.8 Å². The molecule has 0 unspecified atom stereocenters. The summed E-state index contributed by atoms with van der Waals surface area (Å²) in [6, 6.07) is 0.0351. The van der Waals surface area contributed by atoms with Crippen molar-refractivity contribution in [2.75, 3.05) is 12.4 Å². The van der Waals surface area contributed by atoms with Crippen LogP contribution in [0.5, 0.6) is 0 Å². The van der Waals surface area contributed by atoms with Crippen molar-refractivity contribution in [3.63, 3.8) is 0 Å². The lowest BCUT2D eigenvalue weighted by atomic mass is 9.79. The van der Waals surface area contributed by atoms with E-state index < -0.39 is 16.4 Å². The van der Waals surface area contributed by atoms with E-state index >= 15 is 0 Å². The molecule has 3 fully saturated rings. The summed E-state index contributed by atoms with van der Waals surface area (Å²) >= 11 is 2.57. The molecule has 3 aliphatic rings. The predicted molar refractivity (Wildman–Crippen MR) is 132 cm³/mol. The third-order valence-electron chi connectivity index (χ3n) is 7.65. The molecule has 184 valence electrons. The molecule has 1 aromatic heterocycles. The average molecular weight is 496 g/mol. The van der Waals surface area contributed by atoms with Gasteiger partial charge in [0.25, 0.3) is 0 Å². The van der Waals surface area contributed by atoms with Crippen molar-refractivity contribution in [3.8, 4) is 0 Å². The molecule has 0 radical (unpaired) electrons. The van der Waals surface area contributed by atoms with E-state index in [4.69, 9.17) is 4.74 Å². The van der Waals surface area contributed by atoms with Crippen LogP contribution in [0.1, 0.15) is 84.5 Å². The number of aromatic nitrogens is 1. The van der Waals surface area contributed by atoms with Crippen molar-refractivity contribution < 1.29 is 19.4 Å². The van der Waals surface area contributed by atoms with Gasteiger partial charge in [-0.05, 0) is 77.0 Å². The van der Waals surface area contributed by atoms with E-state index in [1.165, 1.54) is 42.4 Å². The van der Waals surface area contributed by atoms with Crippen LogP contribution in [-0.2, 0) is 9.53 Å². The number of urea groups is 1. The lowest BCUT2D eigenvalue weighted by Crippen LogP contribution is -2.60. The third-order valence-corrected chi connectivity index (χ3v) is 9.85. The number of carboxylic acids is 1. The van der Waals surface area contributed by atoms with E-state index in [1.807, 2.05) is 4.90 Å². The maximum Gasteiger partial charge on any atom is 0.326 e. The monoisotopic (exact) mass is 495 g/mol. The Morgan fingerprint density at radius 3 is 2.36 bits per heavy atom. The number of carboxylic acid groups (broad SMARTS) is 1. The summed E-state index contributed by atoms with van der Waals surface area (Å²) in [5.74, 6) is 0.789. The zero-order valence-corrected chi connectivity index (χ0v) is 21.6. The smallest absolute Gasteiger partial charge is 0.326 e. The number of ether oxygens (including phenoxy) is 1. The minimum atomic E-state index is -0.956. The topological polar surface area (TPSA) is 91.8 Å². The van der Waals surface area contributed by atoms with E-state index in [0.29, 0.717) is 5.13 Å². The summed E-state index contributed by atoms with van der Waals surface area (Å²) in [5, 5.41) is 12.9. The maximum atomic E-state index is 13.7. The number of nitrogens with zero attached hydrogens (tertiary/aromatic N) is 2. The normalized spacial score (nSPS) is 26.7. The van der Waals surface area contributed by atoms with Crippen LogP contribution >= 0.6 is 23.1 Å². The van der Waals surface area contributed by atoms with Crippen LogP contribution < -0.4 is 5.32 Å². The Hall–Kier alpha value is -1.32. The Bertz CT molecular complexity index is 841. The van der Waals surface area contributed by atoms with Gasteiger partial charge in [-0.3, -0.25) is 15.0 Å². The lowest BCUT2D eigenvalue weighted by molar-refractivity contribution is -0.156. The van der Waals surface area contributed by atoms with E-state index in [2.05, 4.69) is 10.3 Å². The summed E-state index contributed by atoms with van der Waals surface area (Å²) in [4.78, 5) is 31.6. The van der Waals surface area contributed by atoms with Gasteiger partial charge in [-0.25, -0.2) is 9.78 Å². The zero-order chi connectivity index (χ0) is 23.6. The molecule has 9 heteroatoms. The second kappa shape index (κ2) is 10.1. The first-order valence-electron chi connectivity index (χ1n) is 12.3. The van der Waals surface area contributed by atoms with Crippen LogP contribution in [0.3, 0.4) is 0 Å². The molecule has 4 rings (SSSR count). The summed E-state index contributed by atoms with van der Waals surface area (Å²) in [7, 11) is 1.76. The fraction of sp³-hybridized carbons (Fsp3) is 0.792. The molecule has 2 amide bonds. The van der Waals surface area contributed by atoms with Crippen LogP contribution in [0.4, 0.5) is 9.93 Å². The van der Waals surface area contributed by atoms with Crippen molar-refractivity contribution in [3.05, 3.63) is 6.20 Å². The van der Waals surface area contributed by atoms with Gasteiger partial charge >= 0.3 is 12.0 Å². The molecule has 3 saturated carbocycles. The summed E-state index contributed by atoms with van der Waals surface area (Å²) in [6.45, 7) is 3.34. The quantitative estimate of drug-likeness (QED) is 0.329. The Kier molecular flexibility index (Phi) is 7.60. The number of methoxy groups -OCH3 is 1. The SMILES string of the molecule is COC1(N(C(=O)Nc2ncc(SC(C)(C)C(=O)O)s2)C2CCCCC2)CCC(C2CC2)CC1. The number of thiazole rings is 1. The van der Waals surface area contributed by atoms with Crippen molar-refractivity contribution in [2.45, 2.75) is 105 Å². The summed E-state index contributed by atoms with van der Waals surface area (Å²) in [6.07, 6.45) is 13.9. The van der Waals surface area contributed by atoms with Crippen LogP contribution in [0.15, 0.2) is 10.4 Å². The van der Waals surface area contributed by atoms with E-state index in [1.54, 1.807) is 27.2 Å². The predicted octanol–water partition coefficient (Wildman–Crippen LogP) is 6.21. The van der Waals surface area contributed by atoms with Crippen LogP contribution in [0.2, 0.25) is 0 Å². The van der Waals surface area contributed by atoms with Crippen molar-refractivity contribution in [2.24, 2.45) is 11.8 Å². The highest BCUT2D eigenvalue weighted by Gasteiger charge is 2.48. The first-order valence-corrected chi connectivity index (χ1v) is 13.9. The second-order valence-electron chi connectivity index (χ2n) is 10.3. The zero-order valence-electron chi connectivity index (χ0n) is 20.0. The fourth-order valence-electron chi connectivity index (χ4n) is 5.51. The Morgan fingerprint density at radius 2 is 1.79 bits per heavy atom. The number of aliphatic carboxylic acids is 1. The number of anilines is 1. The lowest BCUT2D eigenvalue weighted by Gasteiger charge is -2.50. The molecule has 0 bridgehead atoms. The highest BCUT2D eigenvalue weighted by atomic mass is 32.2. The van der Waals surface area contributed by atoms with Gasteiger partial charge in [0.2, 0.25) is 0 Å². The molecule has 0 aliphatic heterocycles. The van der Waals surface area contributed by atoms with Gasteiger partial charge in [0.1, 0.15) is 10.5 Å². The first kappa shape index (κ1) is 24.8. The highest BCUT2D eigenvalue weighted by Crippen LogP contribution is 2.49. The molecule has 1 aromatic rings. The first-order chi connectivity index (χ1) is 15.7. The Labute approximate surface area is 205 Å². The summed E-state index contributed by atoms with van der Waals surface area (Å²) < 4.78 is 5.99. The van der Waals surface area contributed by atoms with Gasteiger partial charge in [-0.2, -0.15) is 0 Å². The third kappa shape index (κ3) is 5.68. The molecule has 1 heterocycles. The van der Waals surface area contributed by atoms with E-state index in [9.17, 15) is 14.7 Å². The molecular weight excluding hydrogens is 458 g/mol. The highest BCUT2D eigenvalue weighted by molar-refractivity contribution is 8.03. The summed E-state index contributed by atoms with van der Waals surface area (Å²) in [5.41, 5.74) is -0.558. The van der Waals surface area contributed by atoms with Crippen molar-refractivity contribution in [1.82, 2.24) is 9.88 Å². The van der Waals surface area contributed by atoms with Gasteiger partial charge in [-0.1, -0.05) is 42.4 Å². The number of rotatable bonds is 8. The van der Waals surface area contributed by atoms with Crippen molar-refractivity contribution >= 4 is 40.2 Å². The Balaban J connectivity index is 1.50. The minimum absolute atomic E-state index is 0.142. The van der Waals surface area contributed by atoms with Gasteiger partial charge in [0.15, 0.2) is 5.13 Å². The van der Waals surface area contributed by atoms with Gasteiger partial charge in [0.05, 0.1) is 10.4 Å². The largest absolute Gasteiger partial charge is 0.480 e. The van der Waals surface area contributed by atoms with Gasteiger partial charge < -0.3 is 9.84 Å².